The van der Waals surface area contributed by atoms with Crippen LogP contribution in [0.5, 0.6) is 0 Å². The van der Waals surface area contributed by atoms with Gasteiger partial charge in [0.15, 0.2) is 0 Å². The van der Waals surface area contributed by atoms with Crippen LogP contribution in [0.25, 0.3) is 0 Å². The van der Waals surface area contributed by atoms with Gasteiger partial charge < -0.3 is 0 Å². The lowest BCUT2D eigenvalue weighted by molar-refractivity contribution is 0.157. The topological polar surface area (TPSA) is 16.1 Å². The smallest absolute Gasteiger partial charge is 0.0363 e. The van der Waals surface area contributed by atoms with E-state index in [2.05, 4.69) is 22.9 Å². The van der Waals surface area contributed by atoms with Crippen molar-refractivity contribution in [2.24, 2.45) is 0 Å². The molecule has 0 saturated carbocycles. The van der Waals surface area contributed by atoms with Crippen LogP contribution in [0.1, 0.15) is 37.8 Å². The molecule has 0 spiro atoms. The molecular weight excluding hydrogens is 172 g/mol. The van der Waals surface area contributed by atoms with Crippen molar-refractivity contribution in [3.63, 3.8) is 0 Å². The van der Waals surface area contributed by atoms with Gasteiger partial charge in [-0.1, -0.05) is 19.4 Å². The standard InChI is InChI=1S/C12H18N2/c1-2-14-9-4-3-7-12(14)11-6-5-8-13-10-11/h5-6,8,10,12H,2-4,7,9H2,1H3/t12-/m1/s1. The zero-order valence-corrected chi connectivity index (χ0v) is 8.82. The van der Waals surface area contributed by atoms with Crippen LogP contribution < -0.4 is 0 Å². The fourth-order valence-electron chi connectivity index (χ4n) is 2.32. The molecule has 0 bridgehead atoms. The summed E-state index contributed by atoms with van der Waals surface area (Å²) in [5.74, 6) is 0. The average molecular weight is 190 g/mol. The number of pyridine rings is 1. The molecule has 14 heavy (non-hydrogen) atoms. The number of rotatable bonds is 2. The summed E-state index contributed by atoms with van der Waals surface area (Å²) in [5.41, 5.74) is 1.38. The van der Waals surface area contributed by atoms with E-state index in [9.17, 15) is 0 Å². The Kier molecular flexibility index (Phi) is 3.14. The number of likely N-dealkylation sites (tertiary alicyclic amines) is 1. The number of hydrogen-bond acceptors (Lipinski definition) is 2. The molecule has 2 rings (SSSR count). The molecular formula is C12H18N2. The van der Waals surface area contributed by atoms with E-state index in [1.54, 1.807) is 0 Å². The van der Waals surface area contributed by atoms with Crippen LogP contribution in [0.2, 0.25) is 0 Å². The molecule has 1 fully saturated rings. The Labute approximate surface area is 86.0 Å². The van der Waals surface area contributed by atoms with Gasteiger partial charge in [0.1, 0.15) is 0 Å². The second kappa shape index (κ2) is 4.56. The van der Waals surface area contributed by atoms with Crippen LogP contribution in [0, 0.1) is 0 Å². The molecule has 0 unspecified atom stereocenters. The molecule has 1 atom stereocenters. The molecule has 0 aromatic carbocycles. The zero-order chi connectivity index (χ0) is 9.80. The van der Waals surface area contributed by atoms with Crippen LogP contribution in [0.15, 0.2) is 24.5 Å². The van der Waals surface area contributed by atoms with Gasteiger partial charge in [0.05, 0.1) is 0 Å². The fourth-order valence-corrected chi connectivity index (χ4v) is 2.32. The van der Waals surface area contributed by atoms with E-state index in [0.29, 0.717) is 6.04 Å². The Bertz CT molecular complexity index is 271. The third-order valence-electron chi connectivity index (χ3n) is 3.09. The second-order valence-electron chi connectivity index (χ2n) is 3.93. The normalized spacial score (nSPS) is 23.6. The van der Waals surface area contributed by atoms with Crippen LogP contribution in [-0.2, 0) is 0 Å². The van der Waals surface area contributed by atoms with Crippen molar-refractivity contribution in [2.45, 2.75) is 32.2 Å². The van der Waals surface area contributed by atoms with Gasteiger partial charge in [-0.05, 0) is 37.6 Å². The van der Waals surface area contributed by atoms with E-state index < -0.39 is 0 Å². The van der Waals surface area contributed by atoms with Gasteiger partial charge in [0, 0.05) is 18.4 Å². The summed E-state index contributed by atoms with van der Waals surface area (Å²) in [6, 6.07) is 4.85. The molecule has 0 aliphatic carbocycles. The number of piperidine rings is 1. The first-order valence-corrected chi connectivity index (χ1v) is 5.56. The highest BCUT2D eigenvalue weighted by atomic mass is 15.2. The van der Waals surface area contributed by atoms with Gasteiger partial charge >= 0.3 is 0 Å². The van der Waals surface area contributed by atoms with Crippen LogP contribution in [-0.4, -0.2) is 23.0 Å². The molecule has 2 nitrogen and oxygen atoms in total. The quantitative estimate of drug-likeness (QED) is 0.712. The Balaban J connectivity index is 2.15. The molecule has 1 aliphatic heterocycles. The average Bonchev–Trinajstić information content (AvgIpc) is 2.30. The number of aromatic nitrogens is 1. The van der Waals surface area contributed by atoms with Crippen LogP contribution in [0.3, 0.4) is 0 Å². The van der Waals surface area contributed by atoms with E-state index >= 15 is 0 Å². The predicted molar refractivity (Wildman–Crippen MR) is 58.1 cm³/mol. The highest BCUT2D eigenvalue weighted by Crippen LogP contribution is 2.29. The van der Waals surface area contributed by atoms with E-state index in [1.165, 1.54) is 31.4 Å². The lowest BCUT2D eigenvalue weighted by Gasteiger charge is -2.34. The van der Waals surface area contributed by atoms with Crippen molar-refractivity contribution < 1.29 is 0 Å². The minimum absolute atomic E-state index is 0.613. The van der Waals surface area contributed by atoms with Crippen molar-refractivity contribution in [3.8, 4) is 0 Å². The Morgan fingerprint density at radius 2 is 2.43 bits per heavy atom. The largest absolute Gasteiger partial charge is 0.297 e. The maximum Gasteiger partial charge on any atom is 0.0363 e. The zero-order valence-electron chi connectivity index (χ0n) is 8.82. The Morgan fingerprint density at radius 1 is 1.50 bits per heavy atom. The number of nitrogens with zero attached hydrogens (tertiary/aromatic N) is 2. The van der Waals surface area contributed by atoms with Crippen molar-refractivity contribution in [2.75, 3.05) is 13.1 Å². The highest BCUT2D eigenvalue weighted by molar-refractivity contribution is 5.14. The molecule has 0 N–H and O–H groups in total. The molecule has 1 aliphatic rings. The summed E-state index contributed by atoms with van der Waals surface area (Å²) in [6.45, 7) is 4.64. The summed E-state index contributed by atoms with van der Waals surface area (Å²) >= 11 is 0. The molecule has 1 aromatic rings. The van der Waals surface area contributed by atoms with Gasteiger partial charge in [-0.15, -0.1) is 0 Å². The van der Waals surface area contributed by atoms with Gasteiger partial charge in [0.2, 0.25) is 0 Å². The monoisotopic (exact) mass is 190 g/mol. The SMILES string of the molecule is CCN1CCCC[C@@H]1c1cccnc1. The Morgan fingerprint density at radius 3 is 3.14 bits per heavy atom. The van der Waals surface area contributed by atoms with Gasteiger partial charge in [-0.3, -0.25) is 9.88 Å². The minimum atomic E-state index is 0.613. The Hall–Kier alpha value is -0.890. The summed E-state index contributed by atoms with van der Waals surface area (Å²) < 4.78 is 0. The van der Waals surface area contributed by atoms with E-state index in [4.69, 9.17) is 0 Å². The molecule has 76 valence electrons. The van der Waals surface area contributed by atoms with Crippen molar-refractivity contribution >= 4 is 0 Å². The maximum atomic E-state index is 4.20. The lowest BCUT2D eigenvalue weighted by Crippen LogP contribution is -2.33. The van der Waals surface area contributed by atoms with E-state index in [0.717, 1.165) is 6.54 Å². The fraction of sp³-hybridized carbons (Fsp3) is 0.583. The van der Waals surface area contributed by atoms with E-state index in [-0.39, 0.29) is 0 Å². The molecule has 2 heteroatoms. The summed E-state index contributed by atoms with van der Waals surface area (Å²) in [6.07, 6.45) is 7.86. The first-order chi connectivity index (χ1) is 6.92. The summed E-state index contributed by atoms with van der Waals surface area (Å²) in [7, 11) is 0. The summed E-state index contributed by atoms with van der Waals surface area (Å²) in [4.78, 5) is 6.76. The first kappa shape index (κ1) is 9.66. The minimum Gasteiger partial charge on any atom is -0.297 e. The van der Waals surface area contributed by atoms with Crippen molar-refractivity contribution in [3.05, 3.63) is 30.1 Å². The first-order valence-electron chi connectivity index (χ1n) is 5.56. The van der Waals surface area contributed by atoms with Gasteiger partial charge in [-0.2, -0.15) is 0 Å². The van der Waals surface area contributed by atoms with Crippen LogP contribution in [0.4, 0.5) is 0 Å². The van der Waals surface area contributed by atoms with Crippen LogP contribution >= 0.6 is 0 Å². The highest BCUT2D eigenvalue weighted by Gasteiger charge is 2.22. The van der Waals surface area contributed by atoms with E-state index in [1.807, 2.05) is 18.5 Å². The number of hydrogen-bond donors (Lipinski definition) is 0. The molecule has 0 radical (unpaired) electrons. The second-order valence-corrected chi connectivity index (χ2v) is 3.93. The third-order valence-corrected chi connectivity index (χ3v) is 3.09. The van der Waals surface area contributed by atoms with Crippen molar-refractivity contribution in [1.29, 1.82) is 0 Å². The van der Waals surface area contributed by atoms with Crippen molar-refractivity contribution in [1.82, 2.24) is 9.88 Å². The third kappa shape index (κ3) is 1.95. The predicted octanol–water partition coefficient (Wildman–Crippen LogP) is 2.63. The summed E-state index contributed by atoms with van der Waals surface area (Å²) in [5, 5.41) is 0. The molecule has 0 amide bonds. The lowest BCUT2D eigenvalue weighted by atomic mass is 9.96. The molecule has 1 aromatic heterocycles. The van der Waals surface area contributed by atoms with Gasteiger partial charge in [-0.25, -0.2) is 0 Å². The maximum absolute atomic E-state index is 4.20. The van der Waals surface area contributed by atoms with Gasteiger partial charge in [0.25, 0.3) is 0 Å². The molecule has 2 heterocycles. The molecule has 1 saturated heterocycles.